The molecule has 0 bridgehead atoms. The predicted octanol–water partition coefficient (Wildman–Crippen LogP) is 3.12. The fourth-order valence-electron chi connectivity index (χ4n) is 3.27. The van der Waals surface area contributed by atoms with Gasteiger partial charge in [0.05, 0.1) is 12.1 Å². The van der Waals surface area contributed by atoms with Gasteiger partial charge in [0.25, 0.3) is 0 Å². The van der Waals surface area contributed by atoms with Crippen LogP contribution in [0.3, 0.4) is 0 Å². The Balaban J connectivity index is 0.00000338. The zero-order valence-corrected chi connectivity index (χ0v) is 18.6. The largest absolute Gasteiger partial charge is 0.378 e. The molecular weight excluding hydrogens is 446 g/mol. The number of piperidine rings is 1. The van der Waals surface area contributed by atoms with E-state index in [0.717, 1.165) is 50.6 Å². The van der Waals surface area contributed by atoms with E-state index in [0.29, 0.717) is 6.10 Å². The van der Waals surface area contributed by atoms with Crippen LogP contribution in [-0.4, -0.2) is 69.2 Å². The number of hydrogen-bond acceptors (Lipinski definition) is 3. The first-order valence-corrected chi connectivity index (χ1v) is 9.04. The third-order valence-electron chi connectivity index (χ3n) is 4.69. The number of guanidine groups is 1. The Bertz CT molecular complexity index is 545. The number of likely N-dealkylation sites (N-methyl/N-ethyl adjacent to an activating group) is 1. The minimum Gasteiger partial charge on any atom is -0.378 e. The summed E-state index contributed by atoms with van der Waals surface area (Å²) in [5.74, 6) is 0.714. The highest BCUT2D eigenvalue weighted by Gasteiger charge is 2.22. The van der Waals surface area contributed by atoms with E-state index in [9.17, 15) is 4.39 Å². The van der Waals surface area contributed by atoms with Gasteiger partial charge in [0.15, 0.2) is 5.96 Å². The maximum Gasteiger partial charge on any atom is 0.193 e. The first-order chi connectivity index (χ1) is 12.0. The van der Waals surface area contributed by atoms with Crippen LogP contribution in [0.15, 0.2) is 29.3 Å². The van der Waals surface area contributed by atoms with Gasteiger partial charge >= 0.3 is 0 Å². The minimum atomic E-state index is -0.206. The number of nitrogens with zero attached hydrogens (tertiary/aromatic N) is 3. The van der Waals surface area contributed by atoms with E-state index in [4.69, 9.17) is 4.74 Å². The molecule has 1 fully saturated rings. The van der Waals surface area contributed by atoms with Crippen LogP contribution >= 0.6 is 24.0 Å². The molecule has 0 amide bonds. The topological polar surface area (TPSA) is 40.1 Å². The fourth-order valence-corrected chi connectivity index (χ4v) is 3.27. The van der Waals surface area contributed by atoms with Crippen LogP contribution in [0.5, 0.6) is 0 Å². The molecule has 1 heterocycles. The summed E-state index contributed by atoms with van der Waals surface area (Å²) < 4.78 is 18.9. The highest BCUT2D eigenvalue weighted by molar-refractivity contribution is 14.0. The van der Waals surface area contributed by atoms with Crippen LogP contribution in [0.2, 0.25) is 0 Å². The molecule has 1 aliphatic heterocycles. The lowest BCUT2D eigenvalue weighted by Gasteiger charge is -2.35. The van der Waals surface area contributed by atoms with Gasteiger partial charge in [-0.15, -0.1) is 24.0 Å². The Morgan fingerprint density at radius 1 is 1.31 bits per heavy atom. The molecule has 1 aliphatic rings. The lowest BCUT2D eigenvalue weighted by Crippen LogP contribution is -2.48. The van der Waals surface area contributed by atoms with Crippen molar-refractivity contribution in [1.82, 2.24) is 15.1 Å². The average molecular weight is 478 g/mol. The maximum absolute atomic E-state index is 13.2. The van der Waals surface area contributed by atoms with E-state index in [-0.39, 0.29) is 35.8 Å². The molecule has 2 rings (SSSR count). The van der Waals surface area contributed by atoms with E-state index in [1.54, 1.807) is 0 Å². The van der Waals surface area contributed by atoms with Crippen molar-refractivity contribution in [2.45, 2.75) is 31.9 Å². The zero-order valence-electron chi connectivity index (χ0n) is 16.2. The van der Waals surface area contributed by atoms with Gasteiger partial charge in [-0.3, -0.25) is 4.99 Å². The third-order valence-corrected chi connectivity index (χ3v) is 4.69. The number of benzene rings is 1. The molecule has 26 heavy (non-hydrogen) atoms. The highest BCUT2D eigenvalue weighted by atomic mass is 127. The van der Waals surface area contributed by atoms with Gasteiger partial charge in [-0.2, -0.15) is 0 Å². The van der Waals surface area contributed by atoms with Gasteiger partial charge in [-0.25, -0.2) is 4.39 Å². The standard InChI is InChI=1S/C19H31FN4O.HI/c1-5-25-17-10-12-24(13-11-17)19(21-2)22-14-18(23(3)4)15-6-8-16(20)9-7-15;/h6-9,17-18H,5,10-14H2,1-4H3,(H,21,22);1H. The van der Waals surface area contributed by atoms with Crippen molar-refractivity contribution >= 4 is 29.9 Å². The van der Waals surface area contributed by atoms with Crippen molar-refractivity contribution in [3.63, 3.8) is 0 Å². The minimum absolute atomic E-state index is 0. The van der Waals surface area contributed by atoms with Crippen molar-refractivity contribution in [3.8, 4) is 0 Å². The number of ether oxygens (including phenoxy) is 1. The molecule has 5 nitrogen and oxygen atoms in total. The normalized spacial score (nSPS) is 17.2. The van der Waals surface area contributed by atoms with Crippen molar-refractivity contribution in [1.29, 1.82) is 0 Å². The van der Waals surface area contributed by atoms with Gasteiger partial charge in [-0.1, -0.05) is 12.1 Å². The number of hydrogen-bond donors (Lipinski definition) is 1. The number of nitrogens with one attached hydrogen (secondary N) is 1. The van der Waals surface area contributed by atoms with Crippen molar-refractivity contribution in [2.24, 2.45) is 4.99 Å². The summed E-state index contributed by atoms with van der Waals surface area (Å²) in [6.07, 6.45) is 2.43. The Morgan fingerprint density at radius 2 is 1.92 bits per heavy atom. The summed E-state index contributed by atoms with van der Waals surface area (Å²) in [5.41, 5.74) is 1.09. The van der Waals surface area contributed by atoms with Gasteiger partial charge in [0.2, 0.25) is 0 Å². The summed E-state index contributed by atoms with van der Waals surface area (Å²) in [7, 11) is 5.89. The number of rotatable bonds is 6. The quantitative estimate of drug-likeness (QED) is 0.388. The Hall–Kier alpha value is -0.930. The number of aliphatic imine (C=N–C) groups is 1. The molecule has 0 radical (unpaired) electrons. The maximum atomic E-state index is 13.2. The van der Waals surface area contributed by atoms with Crippen LogP contribution in [-0.2, 0) is 4.74 Å². The molecule has 1 saturated heterocycles. The van der Waals surface area contributed by atoms with E-state index in [1.807, 2.05) is 40.2 Å². The summed E-state index contributed by atoms with van der Waals surface area (Å²) in [6, 6.07) is 6.87. The van der Waals surface area contributed by atoms with Crippen LogP contribution in [0.4, 0.5) is 4.39 Å². The number of likely N-dealkylation sites (tertiary alicyclic amines) is 1. The van der Waals surface area contributed by atoms with Crippen LogP contribution in [0, 0.1) is 5.82 Å². The Labute approximate surface area is 174 Å². The first-order valence-electron chi connectivity index (χ1n) is 9.04. The molecule has 7 heteroatoms. The Morgan fingerprint density at radius 3 is 2.42 bits per heavy atom. The van der Waals surface area contributed by atoms with Gasteiger partial charge in [0.1, 0.15) is 5.82 Å². The van der Waals surface area contributed by atoms with E-state index >= 15 is 0 Å². The molecule has 1 atom stereocenters. The van der Waals surface area contributed by atoms with Crippen molar-refractivity contribution in [2.75, 3.05) is 47.4 Å². The summed E-state index contributed by atoms with van der Waals surface area (Å²) >= 11 is 0. The van der Waals surface area contributed by atoms with Crippen LogP contribution in [0.1, 0.15) is 31.4 Å². The molecule has 1 aromatic carbocycles. The van der Waals surface area contributed by atoms with E-state index in [1.165, 1.54) is 12.1 Å². The SMILES string of the molecule is CCOC1CCN(C(=NC)NCC(c2ccc(F)cc2)N(C)C)CC1.I. The molecule has 0 aromatic heterocycles. The Kier molecular flexibility index (Phi) is 10.4. The second kappa shape index (κ2) is 11.7. The van der Waals surface area contributed by atoms with Crippen LogP contribution < -0.4 is 5.32 Å². The van der Waals surface area contributed by atoms with Crippen LogP contribution in [0.25, 0.3) is 0 Å². The van der Waals surface area contributed by atoms with E-state index < -0.39 is 0 Å². The lowest BCUT2D eigenvalue weighted by molar-refractivity contribution is 0.0263. The van der Waals surface area contributed by atoms with Gasteiger partial charge in [0, 0.05) is 33.3 Å². The number of halogens is 2. The molecular formula is C19H32FIN4O. The molecule has 0 saturated carbocycles. The molecule has 0 aliphatic carbocycles. The van der Waals surface area contributed by atoms with Crippen molar-refractivity contribution in [3.05, 3.63) is 35.6 Å². The highest BCUT2D eigenvalue weighted by Crippen LogP contribution is 2.18. The monoisotopic (exact) mass is 478 g/mol. The van der Waals surface area contributed by atoms with Gasteiger partial charge < -0.3 is 19.9 Å². The average Bonchev–Trinajstić information content (AvgIpc) is 2.61. The molecule has 0 spiro atoms. The third kappa shape index (κ3) is 6.66. The first kappa shape index (κ1) is 23.1. The second-order valence-corrected chi connectivity index (χ2v) is 6.60. The van der Waals surface area contributed by atoms with E-state index in [2.05, 4.69) is 20.1 Å². The lowest BCUT2D eigenvalue weighted by atomic mass is 10.1. The molecule has 1 aromatic rings. The summed E-state index contributed by atoms with van der Waals surface area (Å²) in [6.45, 7) is 5.45. The van der Waals surface area contributed by atoms with Gasteiger partial charge in [-0.05, 0) is 51.6 Å². The van der Waals surface area contributed by atoms with Crippen molar-refractivity contribution < 1.29 is 9.13 Å². The molecule has 148 valence electrons. The smallest absolute Gasteiger partial charge is 0.193 e. The predicted molar refractivity (Wildman–Crippen MR) is 116 cm³/mol. The molecule has 1 unspecified atom stereocenters. The second-order valence-electron chi connectivity index (χ2n) is 6.60. The zero-order chi connectivity index (χ0) is 18.2. The fraction of sp³-hybridized carbons (Fsp3) is 0.632. The molecule has 1 N–H and O–H groups in total. The summed E-state index contributed by atoms with van der Waals surface area (Å²) in [4.78, 5) is 8.85. The summed E-state index contributed by atoms with van der Waals surface area (Å²) in [5, 5.41) is 3.48.